The van der Waals surface area contributed by atoms with Crippen molar-refractivity contribution in [3.05, 3.63) is 0 Å². The molecule has 2 N–H and O–H groups in total. The van der Waals surface area contributed by atoms with Crippen molar-refractivity contribution in [1.29, 1.82) is 0 Å². The molecule has 0 saturated carbocycles. The van der Waals surface area contributed by atoms with Crippen LogP contribution in [0.5, 0.6) is 0 Å². The lowest BCUT2D eigenvalue weighted by atomic mass is 10.1. The second-order valence-corrected chi connectivity index (χ2v) is 3.60. The van der Waals surface area contributed by atoms with E-state index in [9.17, 15) is 4.79 Å². The summed E-state index contributed by atoms with van der Waals surface area (Å²) >= 11 is 0. The Bertz CT molecular complexity index is 118. The lowest BCUT2D eigenvalue weighted by molar-refractivity contribution is 0.333. The van der Waals surface area contributed by atoms with E-state index in [0.717, 1.165) is 6.42 Å². The van der Waals surface area contributed by atoms with Crippen LogP contribution >= 0.6 is 0 Å². The number of amides is 1. The molecule has 11 heavy (non-hydrogen) atoms. The van der Waals surface area contributed by atoms with E-state index in [1.54, 1.807) is 6.41 Å². The van der Waals surface area contributed by atoms with Crippen molar-refractivity contribution in [2.45, 2.75) is 45.8 Å². The molecular formula is C8H17N2O. The van der Waals surface area contributed by atoms with E-state index in [-0.39, 0.29) is 11.7 Å². The maximum absolute atomic E-state index is 9.98. The van der Waals surface area contributed by atoms with Crippen LogP contribution in [0.15, 0.2) is 0 Å². The van der Waals surface area contributed by atoms with Crippen LogP contribution in [-0.4, -0.2) is 18.1 Å². The van der Waals surface area contributed by atoms with Crippen LogP contribution in [0.4, 0.5) is 0 Å². The molecule has 3 heteroatoms. The van der Waals surface area contributed by atoms with Crippen LogP contribution in [0.1, 0.15) is 34.1 Å². The van der Waals surface area contributed by atoms with Crippen LogP contribution < -0.4 is 10.6 Å². The predicted octanol–water partition coefficient (Wildman–Crippen LogP) is 0.767. The third kappa shape index (κ3) is 5.85. The highest BCUT2D eigenvalue weighted by molar-refractivity contribution is 5.47. The van der Waals surface area contributed by atoms with E-state index in [4.69, 9.17) is 0 Å². The number of hydrogen-bond acceptors (Lipinski definition) is 2. The first kappa shape index (κ1) is 10.4. The Morgan fingerprint density at radius 2 is 2.00 bits per heavy atom. The fourth-order valence-corrected chi connectivity index (χ4v) is 0.834. The number of hydrogen-bond donors (Lipinski definition) is 2. The van der Waals surface area contributed by atoms with Gasteiger partial charge in [0.25, 0.3) is 0 Å². The zero-order chi connectivity index (χ0) is 8.91. The average Bonchev–Trinajstić information content (AvgIpc) is 1.84. The van der Waals surface area contributed by atoms with Gasteiger partial charge in [-0.15, -0.1) is 0 Å². The van der Waals surface area contributed by atoms with Crippen LogP contribution in [-0.2, 0) is 4.79 Å². The molecule has 0 aliphatic heterocycles. The SMILES string of the molecule is CCC(N[C]=O)NC(C)(C)C. The summed E-state index contributed by atoms with van der Waals surface area (Å²) in [6, 6.07) is 0. The number of rotatable bonds is 4. The summed E-state index contributed by atoms with van der Waals surface area (Å²) in [4.78, 5) is 9.98. The van der Waals surface area contributed by atoms with E-state index in [1.165, 1.54) is 0 Å². The van der Waals surface area contributed by atoms with E-state index in [2.05, 4.69) is 31.4 Å². The molecule has 1 atom stereocenters. The second-order valence-electron chi connectivity index (χ2n) is 3.60. The molecule has 0 aromatic heterocycles. The molecule has 0 aliphatic carbocycles. The lowest BCUT2D eigenvalue weighted by Gasteiger charge is -2.26. The topological polar surface area (TPSA) is 41.1 Å². The summed E-state index contributed by atoms with van der Waals surface area (Å²) in [6.07, 6.45) is 2.58. The molecule has 0 heterocycles. The third-order valence-electron chi connectivity index (χ3n) is 1.25. The molecule has 65 valence electrons. The van der Waals surface area contributed by atoms with Crippen molar-refractivity contribution in [2.24, 2.45) is 0 Å². The molecule has 0 aromatic carbocycles. The Kier molecular flexibility index (Phi) is 4.11. The molecular weight excluding hydrogens is 140 g/mol. The highest BCUT2D eigenvalue weighted by atomic mass is 16.1. The molecule has 0 fully saturated rings. The van der Waals surface area contributed by atoms with Gasteiger partial charge in [-0.1, -0.05) is 6.92 Å². The van der Waals surface area contributed by atoms with E-state index in [1.807, 2.05) is 6.92 Å². The standard InChI is InChI=1S/C8H17N2O/c1-5-7(9-6-11)10-8(2,3)4/h7,10H,5H2,1-4H3,(H,9,11). The van der Waals surface area contributed by atoms with Gasteiger partial charge in [-0.3, -0.25) is 10.1 Å². The van der Waals surface area contributed by atoms with Crippen LogP contribution in [0, 0.1) is 0 Å². The zero-order valence-corrected chi connectivity index (χ0v) is 7.69. The first-order valence-corrected chi connectivity index (χ1v) is 3.90. The first-order valence-electron chi connectivity index (χ1n) is 3.90. The highest BCUT2D eigenvalue weighted by Crippen LogP contribution is 2.00. The van der Waals surface area contributed by atoms with Gasteiger partial charge in [0.15, 0.2) is 0 Å². The zero-order valence-electron chi connectivity index (χ0n) is 7.69. The van der Waals surface area contributed by atoms with Crippen molar-refractivity contribution < 1.29 is 4.79 Å². The smallest absolute Gasteiger partial charge is 0.310 e. The van der Waals surface area contributed by atoms with Gasteiger partial charge in [0.05, 0.1) is 6.17 Å². The first-order chi connectivity index (χ1) is 4.99. The second kappa shape index (κ2) is 4.34. The number of nitrogens with one attached hydrogen (secondary N) is 2. The summed E-state index contributed by atoms with van der Waals surface area (Å²) in [7, 11) is 0. The molecule has 1 amide bonds. The van der Waals surface area contributed by atoms with Gasteiger partial charge in [-0.25, -0.2) is 0 Å². The summed E-state index contributed by atoms with van der Waals surface area (Å²) in [6.45, 7) is 8.18. The predicted molar refractivity (Wildman–Crippen MR) is 45.8 cm³/mol. The van der Waals surface area contributed by atoms with Gasteiger partial charge < -0.3 is 5.32 Å². The molecule has 0 saturated heterocycles. The molecule has 0 aromatic rings. The summed E-state index contributed by atoms with van der Waals surface area (Å²) < 4.78 is 0. The Morgan fingerprint density at radius 1 is 1.45 bits per heavy atom. The van der Waals surface area contributed by atoms with Crippen molar-refractivity contribution in [1.82, 2.24) is 10.6 Å². The minimum absolute atomic E-state index is 0.0323. The maximum atomic E-state index is 9.98. The molecule has 1 unspecified atom stereocenters. The normalized spacial score (nSPS) is 14.2. The minimum Gasteiger partial charge on any atom is -0.333 e. The fourth-order valence-electron chi connectivity index (χ4n) is 0.834. The van der Waals surface area contributed by atoms with Gasteiger partial charge in [-0.2, -0.15) is 0 Å². The van der Waals surface area contributed by atoms with Crippen LogP contribution in [0.2, 0.25) is 0 Å². The van der Waals surface area contributed by atoms with E-state index < -0.39 is 0 Å². The summed E-state index contributed by atoms with van der Waals surface area (Å²) in [5.41, 5.74) is 0.0323. The third-order valence-corrected chi connectivity index (χ3v) is 1.25. The summed E-state index contributed by atoms with van der Waals surface area (Å²) in [5, 5.41) is 5.81. The monoisotopic (exact) mass is 157 g/mol. The van der Waals surface area contributed by atoms with Crippen molar-refractivity contribution in [2.75, 3.05) is 0 Å². The molecule has 3 nitrogen and oxygen atoms in total. The molecule has 0 aliphatic rings. The number of carbonyl (C=O) groups excluding carboxylic acids is 1. The average molecular weight is 157 g/mol. The fraction of sp³-hybridized carbons (Fsp3) is 0.875. The lowest BCUT2D eigenvalue weighted by Crippen LogP contribution is -2.50. The van der Waals surface area contributed by atoms with E-state index in [0.29, 0.717) is 0 Å². The molecule has 1 radical (unpaired) electrons. The highest BCUT2D eigenvalue weighted by Gasteiger charge is 2.14. The van der Waals surface area contributed by atoms with E-state index >= 15 is 0 Å². The Hall–Kier alpha value is -0.570. The van der Waals surface area contributed by atoms with Gasteiger partial charge in [0, 0.05) is 5.54 Å². The maximum Gasteiger partial charge on any atom is 0.310 e. The van der Waals surface area contributed by atoms with Gasteiger partial charge in [0.2, 0.25) is 0 Å². The largest absolute Gasteiger partial charge is 0.333 e. The van der Waals surface area contributed by atoms with Crippen LogP contribution in [0.3, 0.4) is 0 Å². The Morgan fingerprint density at radius 3 is 2.27 bits per heavy atom. The molecule has 0 spiro atoms. The van der Waals surface area contributed by atoms with Crippen molar-refractivity contribution in [3.63, 3.8) is 0 Å². The van der Waals surface area contributed by atoms with Crippen molar-refractivity contribution in [3.8, 4) is 0 Å². The van der Waals surface area contributed by atoms with Gasteiger partial charge >= 0.3 is 6.41 Å². The minimum atomic E-state index is 0.0323. The Balaban J connectivity index is 3.77. The molecule has 0 rings (SSSR count). The van der Waals surface area contributed by atoms with Gasteiger partial charge in [0.1, 0.15) is 0 Å². The molecule has 0 bridgehead atoms. The quantitative estimate of drug-likeness (QED) is 0.467. The summed E-state index contributed by atoms with van der Waals surface area (Å²) in [5.74, 6) is 0. The van der Waals surface area contributed by atoms with Gasteiger partial charge in [-0.05, 0) is 27.2 Å². The van der Waals surface area contributed by atoms with Crippen LogP contribution in [0.25, 0.3) is 0 Å². The van der Waals surface area contributed by atoms with Crippen molar-refractivity contribution >= 4 is 6.41 Å². The Labute approximate surface area is 68.6 Å².